The van der Waals surface area contributed by atoms with Gasteiger partial charge in [-0.25, -0.2) is 4.79 Å². The molecule has 1 aromatic carbocycles. The van der Waals surface area contributed by atoms with Crippen molar-refractivity contribution < 1.29 is 23.9 Å². The van der Waals surface area contributed by atoms with Gasteiger partial charge in [0.2, 0.25) is 5.91 Å². The summed E-state index contributed by atoms with van der Waals surface area (Å²) in [5.41, 5.74) is 2.25. The molecule has 1 saturated heterocycles. The van der Waals surface area contributed by atoms with E-state index in [1.807, 2.05) is 12.1 Å². The van der Waals surface area contributed by atoms with E-state index in [-0.39, 0.29) is 12.3 Å². The molecule has 4 amide bonds. The van der Waals surface area contributed by atoms with E-state index >= 15 is 0 Å². The molecule has 1 unspecified atom stereocenters. The summed E-state index contributed by atoms with van der Waals surface area (Å²) in [4.78, 5) is 37.0. The highest BCUT2D eigenvalue weighted by atomic mass is 16.5. The van der Waals surface area contributed by atoms with Crippen LogP contribution in [0.25, 0.3) is 0 Å². The Balaban J connectivity index is 1.68. The maximum absolute atomic E-state index is 12.5. The second-order valence-electron chi connectivity index (χ2n) is 6.08. The molecular formula is C17H21N3O5. The monoisotopic (exact) mass is 347 g/mol. The van der Waals surface area contributed by atoms with Gasteiger partial charge in [0.25, 0.3) is 5.91 Å². The van der Waals surface area contributed by atoms with E-state index in [4.69, 9.17) is 9.47 Å². The summed E-state index contributed by atoms with van der Waals surface area (Å²) in [7, 11) is 3.19. The molecule has 0 saturated carbocycles. The molecule has 3 rings (SSSR count). The van der Waals surface area contributed by atoms with Gasteiger partial charge in [-0.2, -0.15) is 0 Å². The highest BCUT2D eigenvalue weighted by molar-refractivity contribution is 6.05. The van der Waals surface area contributed by atoms with Crippen LogP contribution in [0.4, 0.5) is 4.79 Å². The third-order valence-electron chi connectivity index (χ3n) is 4.60. The van der Waals surface area contributed by atoms with Gasteiger partial charge in [-0.05, 0) is 36.1 Å². The van der Waals surface area contributed by atoms with Gasteiger partial charge in [-0.3, -0.25) is 14.9 Å². The summed E-state index contributed by atoms with van der Waals surface area (Å²) < 4.78 is 10.7. The average molecular weight is 347 g/mol. The van der Waals surface area contributed by atoms with Gasteiger partial charge in [-0.1, -0.05) is 0 Å². The number of ether oxygens (including phenoxy) is 2. The molecule has 8 nitrogen and oxygen atoms in total. The molecule has 1 fully saturated rings. The highest BCUT2D eigenvalue weighted by Gasteiger charge is 2.33. The third-order valence-corrected chi connectivity index (χ3v) is 4.60. The zero-order valence-electron chi connectivity index (χ0n) is 14.3. The van der Waals surface area contributed by atoms with Crippen LogP contribution in [0.3, 0.4) is 0 Å². The first kappa shape index (κ1) is 17.1. The Hall–Kier alpha value is -2.77. The van der Waals surface area contributed by atoms with Crippen LogP contribution in [-0.4, -0.2) is 56.1 Å². The second-order valence-corrected chi connectivity index (χ2v) is 6.08. The number of fused-ring (bicyclic) bond motifs is 1. The van der Waals surface area contributed by atoms with E-state index in [9.17, 15) is 14.4 Å². The molecule has 8 heteroatoms. The Bertz CT molecular complexity index is 683. The minimum absolute atomic E-state index is 0.0272. The Labute approximate surface area is 145 Å². The van der Waals surface area contributed by atoms with Crippen LogP contribution in [-0.2, 0) is 22.4 Å². The van der Waals surface area contributed by atoms with E-state index in [0.717, 1.165) is 11.1 Å². The maximum atomic E-state index is 12.5. The summed E-state index contributed by atoms with van der Waals surface area (Å²) in [6.07, 6.45) is 1.37. The lowest BCUT2D eigenvalue weighted by atomic mass is 10.0. The van der Waals surface area contributed by atoms with Crippen molar-refractivity contribution in [2.75, 3.05) is 27.3 Å². The number of amides is 4. The SMILES string of the molecule is COc1cc2c(cc1OC)CCN(C(=O)CC1NC(=O)NC1=O)CC2. The topological polar surface area (TPSA) is 97.0 Å². The number of imide groups is 1. The van der Waals surface area contributed by atoms with Crippen molar-refractivity contribution in [3.63, 3.8) is 0 Å². The molecule has 1 atom stereocenters. The number of carbonyl (C=O) groups is 3. The summed E-state index contributed by atoms with van der Waals surface area (Å²) in [6.45, 7) is 1.12. The summed E-state index contributed by atoms with van der Waals surface area (Å²) in [6, 6.07) is 2.57. The molecular weight excluding hydrogens is 326 g/mol. The van der Waals surface area contributed by atoms with Gasteiger partial charge in [0.05, 0.1) is 20.6 Å². The average Bonchev–Trinajstić information content (AvgIpc) is 2.80. The fraction of sp³-hybridized carbons (Fsp3) is 0.471. The van der Waals surface area contributed by atoms with Crippen LogP contribution < -0.4 is 20.1 Å². The van der Waals surface area contributed by atoms with Crippen LogP contribution in [0.1, 0.15) is 17.5 Å². The lowest BCUT2D eigenvalue weighted by Crippen LogP contribution is -2.40. The molecule has 2 N–H and O–H groups in total. The number of hydrogen-bond donors (Lipinski definition) is 2. The van der Waals surface area contributed by atoms with Crippen LogP contribution in [0, 0.1) is 0 Å². The predicted octanol–water partition coefficient (Wildman–Crippen LogP) is 0.229. The van der Waals surface area contributed by atoms with E-state index in [0.29, 0.717) is 37.4 Å². The van der Waals surface area contributed by atoms with Crippen molar-refractivity contribution in [1.29, 1.82) is 0 Å². The maximum Gasteiger partial charge on any atom is 0.322 e. The summed E-state index contributed by atoms with van der Waals surface area (Å²) >= 11 is 0. The highest BCUT2D eigenvalue weighted by Crippen LogP contribution is 2.32. The van der Waals surface area contributed by atoms with Crippen molar-refractivity contribution >= 4 is 17.8 Å². The normalized spacial score (nSPS) is 19.6. The Kier molecular flexibility index (Phi) is 4.78. The molecule has 2 aliphatic rings. The molecule has 1 aromatic rings. The Morgan fingerprint density at radius 2 is 1.68 bits per heavy atom. The molecule has 25 heavy (non-hydrogen) atoms. The molecule has 0 aromatic heterocycles. The zero-order chi connectivity index (χ0) is 18.0. The zero-order valence-corrected chi connectivity index (χ0v) is 14.3. The number of nitrogens with zero attached hydrogens (tertiary/aromatic N) is 1. The molecule has 134 valence electrons. The quantitative estimate of drug-likeness (QED) is 0.760. The Morgan fingerprint density at radius 1 is 1.12 bits per heavy atom. The molecule has 0 radical (unpaired) electrons. The van der Waals surface area contributed by atoms with Gasteiger partial charge >= 0.3 is 6.03 Å². The van der Waals surface area contributed by atoms with Crippen molar-refractivity contribution in [3.05, 3.63) is 23.3 Å². The van der Waals surface area contributed by atoms with E-state index < -0.39 is 18.0 Å². The van der Waals surface area contributed by atoms with Gasteiger partial charge in [-0.15, -0.1) is 0 Å². The molecule has 2 heterocycles. The van der Waals surface area contributed by atoms with Gasteiger partial charge < -0.3 is 19.7 Å². The Morgan fingerprint density at radius 3 is 2.12 bits per heavy atom. The number of urea groups is 1. The standard InChI is InChI=1S/C17H21N3O5/c1-24-13-7-10-3-5-20(6-4-11(10)8-14(13)25-2)15(21)9-12-16(22)19-17(23)18-12/h7-8,12H,3-6,9H2,1-2H3,(H2,18,19,22,23). The van der Waals surface area contributed by atoms with Crippen molar-refractivity contribution in [2.45, 2.75) is 25.3 Å². The predicted molar refractivity (Wildman–Crippen MR) is 88.6 cm³/mol. The number of hydrogen-bond acceptors (Lipinski definition) is 5. The molecule has 0 aliphatic carbocycles. The minimum Gasteiger partial charge on any atom is -0.493 e. The lowest BCUT2D eigenvalue weighted by Gasteiger charge is -2.21. The summed E-state index contributed by atoms with van der Waals surface area (Å²) in [5.74, 6) is 0.748. The van der Waals surface area contributed by atoms with Crippen LogP contribution >= 0.6 is 0 Å². The smallest absolute Gasteiger partial charge is 0.322 e. The number of rotatable bonds is 4. The molecule has 0 spiro atoms. The fourth-order valence-electron chi connectivity index (χ4n) is 3.21. The van der Waals surface area contributed by atoms with E-state index in [2.05, 4.69) is 10.6 Å². The van der Waals surface area contributed by atoms with Crippen LogP contribution in [0.15, 0.2) is 12.1 Å². The van der Waals surface area contributed by atoms with Gasteiger partial charge in [0.1, 0.15) is 6.04 Å². The van der Waals surface area contributed by atoms with E-state index in [1.165, 1.54) is 0 Å². The van der Waals surface area contributed by atoms with Gasteiger partial charge in [0, 0.05) is 13.1 Å². The number of carbonyl (C=O) groups excluding carboxylic acids is 3. The largest absolute Gasteiger partial charge is 0.493 e. The van der Waals surface area contributed by atoms with Crippen molar-refractivity contribution in [3.8, 4) is 11.5 Å². The first-order chi connectivity index (χ1) is 12.0. The van der Waals surface area contributed by atoms with Crippen LogP contribution in [0.2, 0.25) is 0 Å². The van der Waals surface area contributed by atoms with Crippen molar-refractivity contribution in [1.82, 2.24) is 15.5 Å². The third kappa shape index (κ3) is 3.52. The number of nitrogens with one attached hydrogen (secondary N) is 2. The number of benzene rings is 1. The lowest BCUT2D eigenvalue weighted by molar-refractivity contribution is -0.133. The number of methoxy groups -OCH3 is 2. The first-order valence-corrected chi connectivity index (χ1v) is 8.14. The fourth-order valence-corrected chi connectivity index (χ4v) is 3.21. The van der Waals surface area contributed by atoms with Gasteiger partial charge in [0.15, 0.2) is 11.5 Å². The minimum atomic E-state index is -0.786. The molecule has 2 aliphatic heterocycles. The van der Waals surface area contributed by atoms with E-state index in [1.54, 1.807) is 19.1 Å². The first-order valence-electron chi connectivity index (χ1n) is 8.14. The molecule has 0 bridgehead atoms. The summed E-state index contributed by atoms with van der Waals surface area (Å²) in [5, 5.41) is 4.60. The van der Waals surface area contributed by atoms with Crippen molar-refractivity contribution in [2.24, 2.45) is 0 Å². The van der Waals surface area contributed by atoms with Crippen LogP contribution in [0.5, 0.6) is 11.5 Å². The second kappa shape index (κ2) is 7.00.